The average Bonchev–Trinajstić information content (AvgIpc) is 3.47. The Morgan fingerprint density at radius 2 is 1.64 bits per heavy atom. The lowest BCUT2D eigenvalue weighted by Gasteiger charge is -2.31. The monoisotopic (exact) mass is 640 g/mol. The molecule has 4 atom stereocenters. The van der Waals surface area contributed by atoms with Crippen molar-refractivity contribution < 1.29 is 33.8 Å². The number of carbonyl (C=O) groups excluding carboxylic acids is 4. The first-order chi connectivity index (χ1) is 21.4. The minimum Gasteiger partial charge on any atom is -0.478 e. The molecular weight excluding hydrogens is 596 g/mol. The van der Waals surface area contributed by atoms with E-state index in [1.54, 1.807) is 12.1 Å². The first-order valence-electron chi connectivity index (χ1n) is 15.2. The van der Waals surface area contributed by atoms with Gasteiger partial charge in [-0.2, -0.15) is 12.6 Å². The number of nitrogens with one attached hydrogen (secondary N) is 3. The van der Waals surface area contributed by atoms with Gasteiger partial charge in [0.25, 0.3) is 0 Å². The predicted molar refractivity (Wildman–Crippen MR) is 173 cm³/mol. The van der Waals surface area contributed by atoms with Gasteiger partial charge in [-0.3, -0.25) is 14.4 Å². The Balaban J connectivity index is 1.71. The van der Waals surface area contributed by atoms with Crippen LogP contribution in [0.15, 0.2) is 54.6 Å². The van der Waals surface area contributed by atoms with Crippen molar-refractivity contribution in [3.8, 4) is 0 Å². The molecule has 45 heavy (non-hydrogen) atoms. The standard InChI is InChI=1S/C33H44N4O7S/c1-20(2)18-44-33(43)36-28(21(3)4)31(40)37-17-25(23-8-6-5-7-9-23)16-27(37)30(39)35-26(19-45)29(38)34-15-14-22-10-12-24(13-11-22)32(41)42/h5-13,20-21,25-28,45H,14-19H2,1-4H3,(H,34,38)(H,35,39)(H,36,43)(H,41,42)/t25-,26+,27+,28+/m1/s1. The van der Waals surface area contributed by atoms with Crippen LogP contribution in [0.5, 0.6) is 0 Å². The SMILES string of the molecule is CC(C)COC(=O)N[C@H](C(=O)N1C[C@H](c2ccccc2)C[C@H]1C(=O)N[C@@H](CS)C(=O)NCCc1ccc(C(=O)O)cc1)C(C)C. The molecule has 11 nitrogen and oxygen atoms in total. The molecule has 0 unspecified atom stereocenters. The first-order valence-corrected chi connectivity index (χ1v) is 15.8. The lowest BCUT2D eigenvalue weighted by atomic mass is 9.96. The molecule has 1 heterocycles. The van der Waals surface area contributed by atoms with Gasteiger partial charge in [-0.1, -0.05) is 70.2 Å². The molecule has 2 aromatic rings. The van der Waals surface area contributed by atoms with E-state index in [2.05, 4.69) is 28.6 Å². The van der Waals surface area contributed by atoms with E-state index in [-0.39, 0.29) is 48.8 Å². The topological polar surface area (TPSA) is 154 Å². The number of amides is 4. The molecule has 1 aliphatic heterocycles. The molecule has 0 aliphatic carbocycles. The van der Waals surface area contributed by atoms with Crippen molar-refractivity contribution in [3.05, 3.63) is 71.3 Å². The number of ether oxygens (including phenoxy) is 1. The van der Waals surface area contributed by atoms with E-state index in [4.69, 9.17) is 9.84 Å². The normalized spacial score (nSPS) is 17.4. The van der Waals surface area contributed by atoms with E-state index in [9.17, 15) is 24.0 Å². The van der Waals surface area contributed by atoms with Crippen LogP contribution in [0.25, 0.3) is 0 Å². The fourth-order valence-electron chi connectivity index (χ4n) is 5.13. The third-order valence-electron chi connectivity index (χ3n) is 7.64. The lowest BCUT2D eigenvalue weighted by molar-refractivity contribution is -0.141. The zero-order chi connectivity index (χ0) is 33.1. The number of hydrogen-bond acceptors (Lipinski definition) is 7. The molecule has 1 aliphatic rings. The van der Waals surface area contributed by atoms with Gasteiger partial charge < -0.3 is 30.7 Å². The highest BCUT2D eigenvalue weighted by molar-refractivity contribution is 7.80. The maximum Gasteiger partial charge on any atom is 0.407 e. The fraction of sp³-hybridized carbons (Fsp3) is 0.485. The number of rotatable bonds is 14. The summed E-state index contributed by atoms with van der Waals surface area (Å²) in [5.41, 5.74) is 2.01. The van der Waals surface area contributed by atoms with Gasteiger partial charge in [-0.15, -0.1) is 0 Å². The first kappa shape index (κ1) is 35.4. The van der Waals surface area contributed by atoms with Crippen LogP contribution in [0.4, 0.5) is 4.79 Å². The van der Waals surface area contributed by atoms with Crippen LogP contribution < -0.4 is 16.0 Å². The number of carboxylic acids is 1. The molecule has 1 fully saturated rings. The Labute approximate surface area is 269 Å². The van der Waals surface area contributed by atoms with Crippen LogP contribution >= 0.6 is 12.6 Å². The minimum atomic E-state index is -1.01. The van der Waals surface area contributed by atoms with Crippen LogP contribution in [-0.4, -0.2) is 83.4 Å². The lowest BCUT2D eigenvalue weighted by Crippen LogP contribution is -2.57. The number of carboxylic acid groups (broad SMARTS) is 1. The smallest absolute Gasteiger partial charge is 0.407 e. The van der Waals surface area contributed by atoms with Crippen LogP contribution in [0.1, 0.15) is 61.5 Å². The summed E-state index contributed by atoms with van der Waals surface area (Å²) in [7, 11) is 0. The summed E-state index contributed by atoms with van der Waals surface area (Å²) in [6, 6.07) is 13.2. The molecule has 3 rings (SSSR count). The van der Waals surface area contributed by atoms with Crippen LogP contribution in [0.3, 0.4) is 0 Å². The molecule has 12 heteroatoms. The molecule has 4 N–H and O–H groups in total. The highest BCUT2D eigenvalue weighted by Crippen LogP contribution is 2.33. The third-order valence-corrected chi connectivity index (χ3v) is 8.01. The molecule has 2 aromatic carbocycles. The van der Waals surface area contributed by atoms with Crippen LogP contribution in [-0.2, 0) is 25.5 Å². The number of likely N-dealkylation sites (tertiary alicyclic amines) is 1. The Bertz CT molecular complexity index is 1320. The molecular formula is C33H44N4O7S. The summed E-state index contributed by atoms with van der Waals surface area (Å²) in [5, 5.41) is 17.3. The van der Waals surface area contributed by atoms with Crippen LogP contribution in [0, 0.1) is 11.8 Å². The van der Waals surface area contributed by atoms with E-state index >= 15 is 0 Å². The minimum absolute atomic E-state index is 0.0333. The Morgan fingerprint density at radius 3 is 2.22 bits per heavy atom. The van der Waals surface area contributed by atoms with E-state index in [0.29, 0.717) is 12.8 Å². The van der Waals surface area contributed by atoms with Crippen molar-refractivity contribution in [2.75, 3.05) is 25.4 Å². The van der Waals surface area contributed by atoms with Gasteiger partial charge in [0.05, 0.1) is 12.2 Å². The molecule has 0 bridgehead atoms. The van der Waals surface area contributed by atoms with Crippen LogP contribution in [0.2, 0.25) is 0 Å². The van der Waals surface area contributed by atoms with E-state index in [1.807, 2.05) is 58.0 Å². The third kappa shape index (κ3) is 10.2. The predicted octanol–water partition coefficient (Wildman–Crippen LogP) is 3.25. The number of carbonyl (C=O) groups is 5. The fourth-order valence-corrected chi connectivity index (χ4v) is 5.38. The van der Waals surface area contributed by atoms with E-state index in [0.717, 1.165) is 11.1 Å². The number of nitrogens with zero attached hydrogens (tertiary/aromatic N) is 1. The molecule has 1 saturated heterocycles. The van der Waals surface area contributed by atoms with Crippen molar-refractivity contribution in [1.29, 1.82) is 0 Å². The van der Waals surface area contributed by atoms with Gasteiger partial charge in [0.2, 0.25) is 17.7 Å². The summed E-state index contributed by atoms with van der Waals surface area (Å²) < 4.78 is 5.25. The zero-order valence-corrected chi connectivity index (χ0v) is 27.1. The molecule has 4 amide bonds. The van der Waals surface area contributed by atoms with Crippen molar-refractivity contribution in [1.82, 2.24) is 20.9 Å². The molecule has 0 saturated carbocycles. The summed E-state index contributed by atoms with van der Waals surface area (Å²) >= 11 is 4.29. The second-order valence-corrected chi connectivity index (χ2v) is 12.4. The van der Waals surface area contributed by atoms with Gasteiger partial charge >= 0.3 is 12.1 Å². The van der Waals surface area contributed by atoms with E-state index in [1.165, 1.54) is 17.0 Å². The summed E-state index contributed by atoms with van der Waals surface area (Å²) in [4.78, 5) is 65.7. The largest absolute Gasteiger partial charge is 0.478 e. The van der Waals surface area contributed by atoms with Gasteiger partial charge in [-0.25, -0.2) is 9.59 Å². The van der Waals surface area contributed by atoms with Gasteiger partial charge in [0.1, 0.15) is 18.1 Å². The van der Waals surface area contributed by atoms with Crippen molar-refractivity contribution in [2.45, 2.75) is 64.6 Å². The average molecular weight is 641 g/mol. The highest BCUT2D eigenvalue weighted by atomic mass is 32.1. The van der Waals surface area contributed by atoms with Crippen molar-refractivity contribution >= 4 is 42.4 Å². The summed E-state index contributed by atoms with van der Waals surface area (Å²) in [5.74, 6) is -2.56. The Morgan fingerprint density at radius 1 is 0.978 bits per heavy atom. The Kier molecular flexibility index (Phi) is 13.3. The van der Waals surface area contributed by atoms with Gasteiger partial charge in [0, 0.05) is 24.8 Å². The molecule has 0 aromatic heterocycles. The highest BCUT2D eigenvalue weighted by Gasteiger charge is 2.43. The maximum atomic E-state index is 13.9. The zero-order valence-electron chi connectivity index (χ0n) is 26.2. The maximum absolute atomic E-state index is 13.9. The van der Waals surface area contributed by atoms with Gasteiger partial charge in [-0.05, 0) is 47.9 Å². The second kappa shape index (κ2) is 16.9. The molecule has 0 radical (unpaired) electrons. The van der Waals surface area contributed by atoms with Gasteiger partial charge in [0.15, 0.2) is 0 Å². The number of alkyl carbamates (subject to hydrolysis) is 1. The van der Waals surface area contributed by atoms with Crippen molar-refractivity contribution in [2.24, 2.45) is 11.8 Å². The Hall–Kier alpha value is -4.06. The second-order valence-electron chi connectivity index (χ2n) is 12.0. The number of hydrogen-bond donors (Lipinski definition) is 5. The quantitative estimate of drug-likeness (QED) is 0.199. The molecule has 244 valence electrons. The summed E-state index contributed by atoms with van der Waals surface area (Å²) in [6.07, 6.45) is 0.114. The molecule has 0 spiro atoms. The number of benzene rings is 2. The number of thiol groups is 1. The summed E-state index contributed by atoms with van der Waals surface area (Å²) in [6.45, 7) is 8.19. The van der Waals surface area contributed by atoms with E-state index < -0.39 is 47.9 Å². The van der Waals surface area contributed by atoms with Crippen molar-refractivity contribution in [3.63, 3.8) is 0 Å². The number of aromatic carboxylic acids is 1.